The Morgan fingerprint density at radius 2 is 2.25 bits per heavy atom. The number of aryl methyl sites for hydroxylation is 1. The number of nitrogens with one attached hydrogen (secondary N) is 1. The van der Waals surface area contributed by atoms with Gasteiger partial charge in [0, 0.05) is 6.42 Å². The zero-order valence-electron chi connectivity index (χ0n) is 10.0. The summed E-state index contributed by atoms with van der Waals surface area (Å²) >= 11 is 0. The maximum Gasteiger partial charge on any atom is 0.240 e. The van der Waals surface area contributed by atoms with Gasteiger partial charge in [-0.1, -0.05) is 43.7 Å². The number of carbonyl (C=O) groups excluding carboxylic acids is 1. The van der Waals surface area contributed by atoms with Crippen LogP contribution in [0.5, 0.6) is 0 Å². The zero-order valence-corrected chi connectivity index (χ0v) is 10.0. The molecule has 0 aliphatic heterocycles. The van der Waals surface area contributed by atoms with Crippen molar-refractivity contribution in [2.24, 2.45) is 11.0 Å². The minimum absolute atomic E-state index is 0.0427. The zero-order chi connectivity index (χ0) is 12.0. The average molecular weight is 218 g/mol. The van der Waals surface area contributed by atoms with Crippen LogP contribution in [0.15, 0.2) is 29.4 Å². The number of rotatable bonds is 4. The van der Waals surface area contributed by atoms with Gasteiger partial charge in [0.2, 0.25) is 5.91 Å². The minimum Gasteiger partial charge on any atom is -0.273 e. The van der Waals surface area contributed by atoms with E-state index < -0.39 is 0 Å². The lowest BCUT2D eigenvalue weighted by molar-refractivity contribution is -0.121. The lowest BCUT2D eigenvalue weighted by Crippen LogP contribution is -2.19. The van der Waals surface area contributed by atoms with Gasteiger partial charge in [0.05, 0.1) is 6.21 Å². The molecule has 0 saturated carbocycles. The van der Waals surface area contributed by atoms with Crippen LogP contribution in [0.3, 0.4) is 0 Å². The Morgan fingerprint density at radius 1 is 1.50 bits per heavy atom. The van der Waals surface area contributed by atoms with Crippen molar-refractivity contribution in [3.63, 3.8) is 0 Å². The fraction of sp³-hybridized carbons (Fsp3) is 0.385. The van der Waals surface area contributed by atoms with E-state index in [1.54, 1.807) is 6.21 Å². The molecule has 0 unspecified atom stereocenters. The highest BCUT2D eigenvalue weighted by Gasteiger charge is 2.01. The second-order valence-electron chi connectivity index (χ2n) is 4.31. The number of hydrogen-bond acceptors (Lipinski definition) is 2. The molecule has 86 valence electrons. The highest BCUT2D eigenvalue weighted by Crippen LogP contribution is 2.01. The van der Waals surface area contributed by atoms with Gasteiger partial charge < -0.3 is 0 Å². The third-order valence-corrected chi connectivity index (χ3v) is 2.04. The van der Waals surface area contributed by atoms with Crippen LogP contribution in [0.1, 0.15) is 31.4 Å². The van der Waals surface area contributed by atoms with Crippen molar-refractivity contribution < 1.29 is 4.79 Å². The van der Waals surface area contributed by atoms with Gasteiger partial charge in [0.25, 0.3) is 0 Å². The molecule has 1 aromatic rings. The summed E-state index contributed by atoms with van der Waals surface area (Å²) in [6, 6.07) is 7.95. The Bertz CT molecular complexity index is 383. The smallest absolute Gasteiger partial charge is 0.240 e. The molecule has 16 heavy (non-hydrogen) atoms. The molecule has 0 radical (unpaired) electrons. The van der Waals surface area contributed by atoms with Crippen LogP contribution in [-0.2, 0) is 4.79 Å². The molecule has 0 atom stereocenters. The maximum atomic E-state index is 11.3. The van der Waals surface area contributed by atoms with E-state index in [0.29, 0.717) is 12.3 Å². The quantitative estimate of drug-likeness (QED) is 0.612. The van der Waals surface area contributed by atoms with Crippen molar-refractivity contribution >= 4 is 12.1 Å². The summed E-state index contributed by atoms with van der Waals surface area (Å²) in [5.41, 5.74) is 4.68. The summed E-state index contributed by atoms with van der Waals surface area (Å²) in [7, 11) is 0. The highest BCUT2D eigenvalue weighted by molar-refractivity contribution is 5.82. The van der Waals surface area contributed by atoms with E-state index in [-0.39, 0.29) is 5.91 Å². The Labute approximate surface area is 96.6 Å². The Hall–Kier alpha value is -1.64. The van der Waals surface area contributed by atoms with Crippen molar-refractivity contribution in [2.45, 2.75) is 27.2 Å². The van der Waals surface area contributed by atoms with Gasteiger partial charge in [0.15, 0.2) is 0 Å². The van der Waals surface area contributed by atoms with Crippen LogP contribution >= 0.6 is 0 Å². The van der Waals surface area contributed by atoms with Gasteiger partial charge in [-0.2, -0.15) is 5.10 Å². The van der Waals surface area contributed by atoms with Crippen molar-refractivity contribution in [1.82, 2.24) is 5.43 Å². The van der Waals surface area contributed by atoms with Crippen LogP contribution in [-0.4, -0.2) is 12.1 Å². The first-order chi connectivity index (χ1) is 7.58. The molecule has 0 fully saturated rings. The molecule has 0 aliphatic rings. The predicted octanol–water partition coefficient (Wildman–Crippen LogP) is 2.49. The largest absolute Gasteiger partial charge is 0.273 e. The Balaban J connectivity index is 2.46. The number of hydrogen-bond donors (Lipinski definition) is 1. The molecular formula is C13H18N2O. The van der Waals surface area contributed by atoms with Crippen molar-refractivity contribution in [1.29, 1.82) is 0 Å². The predicted molar refractivity (Wildman–Crippen MR) is 66.4 cm³/mol. The highest BCUT2D eigenvalue weighted by atomic mass is 16.2. The monoisotopic (exact) mass is 218 g/mol. The number of hydrazone groups is 1. The first kappa shape index (κ1) is 12.4. The van der Waals surface area contributed by atoms with E-state index in [1.165, 1.54) is 5.56 Å². The molecule has 0 aliphatic carbocycles. The van der Waals surface area contributed by atoms with E-state index in [9.17, 15) is 4.79 Å². The first-order valence-electron chi connectivity index (χ1n) is 5.46. The maximum absolute atomic E-state index is 11.3. The van der Waals surface area contributed by atoms with Crippen LogP contribution < -0.4 is 5.43 Å². The summed E-state index contributed by atoms with van der Waals surface area (Å²) in [5, 5.41) is 3.91. The van der Waals surface area contributed by atoms with Crippen molar-refractivity contribution in [2.75, 3.05) is 0 Å². The summed E-state index contributed by atoms with van der Waals surface area (Å²) in [6.45, 7) is 6.03. The number of nitrogens with zero attached hydrogens (tertiary/aromatic N) is 1. The number of amides is 1. The summed E-state index contributed by atoms with van der Waals surface area (Å²) < 4.78 is 0. The standard InChI is InChI=1S/C13H18N2O/c1-10(2)7-13(16)15-14-9-12-6-4-5-11(3)8-12/h4-6,8-10H,7H2,1-3H3,(H,15,16). The lowest BCUT2D eigenvalue weighted by Gasteiger charge is -2.02. The average Bonchev–Trinajstić information content (AvgIpc) is 2.16. The second kappa shape index (κ2) is 6.05. The van der Waals surface area contributed by atoms with E-state index in [1.807, 2.05) is 45.0 Å². The number of benzene rings is 1. The molecule has 1 aromatic carbocycles. The summed E-state index contributed by atoms with van der Waals surface area (Å²) in [6.07, 6.45) is 2.16. The third kappa shape index (κ3) is 4.73. The molecule has 0 spiro atoms. The molecule has 0 bridgehead atoms. The van der Waals surface area contributed by atoms with Gasteiger partial charge in [-0.25, -0.2) is 5.43 Å². The Kier molecular flexibility index (Phi) is 4.70. The molecule has 1 N–H and O–H groups in total. The summed E-state index contributed by atoms with van der Waals surface area (Å²) in [4.78, 5) is 11.3. The SMILES string of the molecule is Cc1cccc(C=NNC(=O)CC(C)C)c1. The van der Waals surface area contributed by atoms with Gasteiger partial charge in [-0.05, 0) is 18.4 Å². The van der Waals surface area contributed by atoms with E-state index in [4.69, 9.17) is 0 Å². The molecule has 0 heterocycles. The number of carbonyl (C=O) groups is 1. The molecule has 3 nitrogen and oxygen atoms in total. The fourth-order valence-corrected chi connectivity index (χ4v) is 1.35. The first-order valence-corrected chi connectivity index (χ1v) is 5.46. The molecule has 0 aromatic heterocycles. The Morgan fingerprint density at radius 3 is 2.88 bits per heavy atom. The molecule has 1 amide bonds. The van der Waals surface area contributed by atoms with Crippen LogP contribution in [0.2, 0.25) is 0 Å². The fourth-order valence-electron chi connectivity index (χ4n) is 1.35. The van der Waals surface area contributed by atoms with Gasteiger partial charge in [0.1, 0.15) is 0 Å². The van der Waals surface area contributed by atoms with Crippen LogP contribution in [0.4, 0.5) is 0 Å². The minimum atomic E-state index is -0.0427. The van der Waals surface area contributed by atoms with Gasteiger partial charge in [-0.15, -0.1) is 0 Å². The molecule has 1 rings (SSSR count). The van der Waals surface area contributed by atoms with E-state index in [2.05, 4.69) is 10.5 Å². The molecule has 0 saturated heterocycles. The van der Waals surface area contributed by atoms with Crippen molar-refractivity contribution in [3.8, 4) is 0 Å². The third-order valence-electron chi connectivity index (χ3n) is 2.04. The van der Waals surface area contributed by atoms with Crippen molar-refractivity contribution in [3.05, 3.63) is 35.4 Å². The topological polar surface area (TPSA) is 41.5 Å². The normalized spacial score (nSPS) is 11.0. The van der Waals surface area contributed by atoms with Gasteiger partial charge in [-0.3, -0.25) is 4.79 Å². The summed E-state index contributed by atoms with van der Waals surface area (Å²) in [5.74, 6) is 0.313. The van der Waals surface area contributed by atoms with Crippen LogP contribution in [0.25, 0.3) is 0 Å². The van der Waals surface area contributed by atoms with Gasteiger partial charge >= 0.3 is 0 Å². The molecular weight excluding hydrogens is 200 g/mol. The second-order valence-corrected chi connectivity index (χ2v) is 4.31. The lowest BCUT2D eigenvalue weighted by atomic mass is 10.1. The van der Waals surface area contributed by atoms with Crippen LogP contribution in [0, 0.1) is 12.8 Å². The molecule has 3 heteroatoms. The van der Waals surface area contributed by atoms with E-state index >= 15 is 0 Å². The van der Waals surface area contributed by atoms with E-state index in [0.717, 1.165) is 5.56 Å².